The first-order valence-electron chi connectivity index (χ1n) is 3.48. The van der Waals surface area contributed by atoms with Gasteiger partial charge in [0.1, 0.15) is 5.75 Å². The molecule has 1 rings (SSSR count). The van der Waals surface area contributed by atoms with Gasteiger partial charge in [0.15, 0.2) is 0 Å². The van der Waals surface area contributed by atoms with E-state index in [1.54, 1.807) is 12.1 Å². The van der Waals surface area contributed by atoms with Crippen molar-refractivity contribution in [1.82, 2.24) is 5.43 Å². The lowest BCUT2D eigenvalue weighted by Gasteiger charge is -2.04. The van der Waals surface area contributed by atoms with Crippen LogP contribution in [0.2, 0.25) is 0 Å². The third kappa shape index (κ3) is 1.96. The predicted molar refractivity (Wildman–Crippen MR) is 44.5 cm³/mol. The number of nitrogens with one attached hydrogen (secondary N) is 1. The fraction of sp³-hybridized carbons (Fsp3) is 0.125. The highest BCUT2D eigenvalue weighted by molar-refractivity contribution is 5.69. The molecular formula is C8H10N2O2. The summed E-state index contributed by atoms with van der Waals surface area (Å²) in [4.78, 5) is 10.7. The number of hydrogen-bond donors (Lipinski definition) is 2. The van der Waals surface area contributed by atoms with Crippen molar-refractivity contribution in [3.8, 4) is 5.75 Å². The highest BCUT2D eigenvalue weighted by Crippen LogP contribution is 2.15. The monoisotopic (exact) mass is 166 g/mol. The SMILES string of the molecule is Cc1ccccc1OC(=O)NN. The van der Waals surface area contributed by atoms with Crippen LogP contribution in [0.25, 0.3) is 0 Å². The number of ether oxygens (including phenoxy) is 1. The first-order chi connectivity index (χ1) is 5.74. The zero-order valence-corrected chi connectivity index (χ0v) is 6.70. The van der Waals surface area contributed by atoms with E-state index < -0.39 is 6.09 Å². The van der Waals surface area contributed by atoms with Crippen molar-refractivity contribution in [2.45, 2.75) is 6.92 Å². The smallest absolute Gasteiger partial charge is 0.409 e. The minimum Gasteiger partial charge on any atom is -0.409 e. The van der Waals surface area contributed by atoms with Crippen molar-refractivity contribution >= 4 is 6.09 Å². The zero-order valence-electron chi connectivity index (χ0n) is 6.70. The Bertz CT molecular complexity index is 286. The van der Waals surface area contributed by atoms with Crippen LogP contribution in [0.4, 0.5) is 4.79 Å². The van der Waals surface area contributed by atoms with E-state index in [-0.39, 0.29) is 0 Å². The molecule has 0 heterocycles. The summed E-state index contributed by atoms with van der Waals surface area (Å²) in [5, 5.41) is 0. The lowest BCUT2D eigenvalue weighted by atomic mass is 10.2. The van der Waals surface area contributed by atoms with E-state index in [4.69, 9.17) is 10.6 Å². The number of hydrogen-bond acceptors (Lipinski definition) is 3. The molecule has 12 heavy (non-hydrogen) atoms. The van der Waals surface area contributed by atoms with E-state index >= 15 is 0 Å². The second-order valence-electron chi connectivity index (χ2n) is 2.30. The molecule has 4 heteroatoms. The quantitative estimate of drug-likeness (QED) is 0.371. The molecule has 1 amide bonds. The Labute approximate surface area is 70.3 Å². The number of carbonyl (C=O) groups excluding carboxylic acids is 1. The van der Waals surface area contributed by atoms with Crippen LogP contribution >= 0.6 is 0 Å². The minimum atomic E-state index is -0.663. The molecule has 0 fully saturated rings. The molecule has 64 valence electrons. The molecule has 0 aliphatic heterocycles. The van der Waals surface area contributed by atoms with Crippen LogP contribution in [0.3, 0.4) is 0 Å². The van der Waals surface area contributed by atoms with Gasteiger partial charge in [-0.1, -0.05) is 18.2 Å². The third-order valence-corrected chi connectivity index (χ3v) is 1.41. The molecular weight excluding hydrogens is 156 g/mol. The number of carbonyl (C=O) groups is 1. The summed E-state index contributed by atoms with van der Waals surface area (Å²) in [5.41, 5.74) is 2.77. The molecule has 0 unspecified atom stereocenters. The lowest BCUT2D eigenvalue weighted by molar-refractivity contribution is 0.200. The van der Waals surface area contributed by atoms with Crippen LogP contribution in [0.5, 0.6) is 5.75 Å². The maximum atomic E-state index is 10.7. The van der Waals surface area contributed by atoms with Gasteiger partial charge >= 0.3 is 6.09 Å². The molecule has 3 N–H and O–H groups in total. The van der Waals surface area contributed by atoms with Crippen LogP contribution in [0.15, 0.2) is 24.3 Å². The van der Waals surface area contributed by atoms with E-state index in [0.717, 1.165) is 5.56 Å². The van der Waals surface area contributed by atoms with Gasteiger partial charge in [-0.2, -0.15) is 0 Å². The van der Waals surface area contributed by atoms with Gasteiger partial charge < -0.3 is 4.74 Å². The summed E-state index contributed by atoms with van der Waals surface area (Å²) in [6, 6.07) is 7.19. The van der Waals surface area contributed by atoms with E-state index in [1.807, 2.05) is 24.5 Å². The number of para-hydroxylation sites is 1. The van der Waals surface area contributed by atoms with Crippen molar-refractivity contribution in [2.75, 3.05) is 0 Å². The van der Waals surface area contributed by atoms with Gasteiger partial charge in [0.25, 0.3) is 0 Å². The molecule has 0 aliphatic carbocycles. The maximum absolute atomic E-state index is 10.7. The van der Waals surface area contributed by atoms with Crippen molar-refractivity contribution in [1.29, 1.82) is 0 Å². The van der Waals surface area contributed by atoms with Crippen LogP contribution < -0.4 is 16.0 Å². The maximum Gasteiger partial charge on any atom is 0.426 e. The number of hydrazine groups is 1. The van der Waals surface area contributed by atoms with Crippen LogP contribution in [0.1, 0.15) is 5.56 Å². The van der Waals surface area contributed by atoms with E-state index in [9.17, 15) is 4.79 Å². The standard InChI is InChI=1S/C8H10N2O2/c1-6-4-2-3-5-7(6)12-8(11)10-9/h2-5H,9H2,1H3,(H,10,11). The Morgan fingerprint density at radius 2 is 2.17 bits per heavy atom. The molecule has 0 aromatic heterocycles. The van der Waals surface area contributed by atoms with Crippen molar-refractivity contribution in [3.05, 3.63) is 29.8 Å². The van der Waals surface area contributed by atoms with Gasteiger partial charge in [-0.3, -0.25) is 5.43 Å². The first kappa shape index (κ1) is 8.55. The Kier molecular flexibility index (Phi) is 2.66. The van der Waals surface area contributed by atoms with Crippen molar-refractivity contribution < 1.29 is 9.53 Å². The van der Waals surface area contributed by atoms with Gasteiger partial charge in [-0.15, -0.1) is 0 Å². The Morgan fingerprint density at radius 1 is 1.50 bits per heavy atom. The highest BCUT2D eigenvalue weighted by atomic mass is 16.6. The molecule has 0 atom stereocenters. The van der Waals surface area contributed by atoms with Crippen molar-refractivity contribution in [3.63, 3.8) is 0 Å². The van der Waals surface area contributed by atoms with E-state index in [1.165, 1.54) is 0 Å². The van der Waals surface area contributed by atoms with Gasteiger partial charge in [0.05, 0.1) is 0 Å². The molecule has 0 aliphatic rings. The first-order valence-corrected chi connectivity index (χ1v) is 3.48. The summed E-state index contributed by atoms with van der Waals surface area (Å²) >= 11 is 0. The number of rotatable bonds is 1. The average Bonchev–Trinajstić information content (AvgIpc) is 2.09. The summed E-state index contributed by atoms with van der Waals surface area (Å²) in [6.45, 7) is 1.85. The Hall–Kier alpha value is -1.55. The molecule has 0 spiro atoms. The highest BCUT2D eigenvalue weighted by Gasteiger charge is 2.02. The summed E-state index contributed by atoms with van der Waals surface area (Å²) in [5.74, 6) is 5.36. The molecule has 1 aromatic carbocycles. The summed E-state index contributed by atoms with van der Waals surface area (Å²) in [7, 11) is 0. The second-order valence-corrected chi connectivity index (χ2v) is 2.30. The zero-order chi connectivity index (χ0) is 8.97. The third-order valence-electron chi connectivity index (χ3n) is 1.41. The van der Waals surface area contributed by atoms with Crippen molar-refractivity contribution in [2.24, 2.45) is 5.84 Å². The molecule has 1 aromatic rings. The van der Waals surface area contributed by atoms with Gasteiger partial charge in [-0.25, -0.2) is 10.6 Å². The molecule has 0 saturated heterocycles. The van der Waals surface area contributed by atoms with Crippen LogP contribution in [-0.2, 0) is 0 Å². The summed E-state index contributed by atoms with van der Waals surface area (Å²) < 4.78 is 4.82. The second kappa shape index (κ2) is 3.73. The van der Waals surface area contributed by atoms with Crippen LogP contribution in [0, 0.1) is 6.92 Å². The number of benzene rings is 1. The largest absolute Gasteiger partial charge is 0.426 e. The normalized spacial score (nSPS) is 9.17. The van der Waals surface area contributed by atoms with Crippen LogP contribution in [-0.4, -0.2) is 6.09 Å². The average molecular weight is 166 g/mol. The Balaban J connectivity index is 2.75. The topological polar surface area (TPSA) is 64.3 Å². The molecule has 0 radical (unpaired) electrons. The van der Waals surface area contributed by atoms with Gasteiger partial charge in [0, 0.05) is 0 Å². The number of aryl methyl sites for hydroxylation is 1. The molecule has 0 bridgehead atoms. The molecule has 4 nitrogen and oxygen atoms in total. The fourth-order valence-corrected chi connectivity index (χ4v) is 0.800. The van der Waals surface area contributed by atoms with E-state index in [0.29, 0.717) is 5.75 Å². The Morgan fingerprint density at radius 3 is 2.75 bits per heavy atom. The fourth-order valence-electron chi connectivity index (χ4n) is 0.800. The summed E-state index contributed by atoms with van der Waals surface area (Å²) in [6.07, 6.45) is -0.663. The van der Waals surface area contributed by atoms with Gasteiger partial charge in [-0.05, 0) is 18.6 Å². The number of nitrogens with two attached hydrogens (primary N) is 1. The van der Waals surface area contributed by atoms with E-state index in [2.05, 4.69) is 0 Å². The lowest BCUT2D eigenvalue weighted by Crippen LogP contribution is -2.32. The van der Waals surface area contributed by atoms with Gasteiger partial charge in [0.2, 0.25) is 0 Å². The molecule has 0 saturated carbocycles. The predicted octanol–water partition coefficient (Wildman–Crippen LogP) is 0.957. The number of amides is 1. The minimum absolute atomic E-state index is 0.514.